The van der Waals surface area contributed by atoms with E-state index in [1.54, 1.807) is 36.4 Å². The molecule has 1 aliphatic carbocycles. The second-order valence-electron chi connectivity index (χ2n) is 8.55. The molecule has 0 aromatic heterocycles. The third-order valence-corrected chi connectivity index (χ3v) is 5.92. The molecule has 3 N–H and O–H groups in total. The number of nitrogens with zero attached hydrogens (tertiary/aromatic N) is 1. The van der Waals surface area contributed by atoms with Crippen molar-refractivity contribution in [3.05, 3.63) is 65.2 Å². The Kier molecular flexibility index (Phi) is 8.59. The number of hydrogen-bond donors (Lipinski definition) is 3. The summed E-state index contributed by atoms with van der Waals surface area (Å²) in [7, 11) is 0. The maximum atomic E-state index is 13.0. The van der Waals surface area contributed by atoms with Crippen LogP contribution in [-0.2, 0) is 4.79 Å². The van der Waals surface area contributed by atoms with Crippen molar-refractivity contribution in [3.8, 4) is 6.07 Å². The highest BCUT2D eigenvalue weighted by molar-refractivity contribution is 6.05. The number of carbonyl (C=O) groups excluding carboxylic acids is 3. The quantitative estimate of drug-likeness (QED) is 0.533. The molecule has 1 atom stereocenters. The molecule has 7 nitrogen and oxygen atoms in total. The van der Waals surface area contributed by atoms with E-state index in [-0.39, 0.29) is 18.4 Å². The lowest BCUT2D eigenvalue weighted by Gasteiger charge is -2.26. The summed E-state index contributed by atoms with van der Waals surface area (Å²) in [4.78, 5) is 38.1. The van der Waals surface area contributed by atoms with Gasteiger partial charge in [-0.1, -0.05) is 55.9 Å². The summed E-state index contributed by atoms with van der Waals surface area (Å²) in [5.74, 6) is -0.631. The number of aryl methyl sites for hydroxylation is 1. The molecular weight excluding hydrogens is 416 g/mol. The smallest absolute Gasteiger partial charge is 0.255 e. The van der Waals surface area contributed by atoms with Gasteiger partial charge in [0.25, 0.3) is 11.8 Å². The SMILES string of the molecule is Cc1cccc(C(=O)Nc2cccc(C(=O)N[C@@H](CC3CCCCC3)C(=O)NCC#N)c2)c1. The molecule has 0 saturated heterocycles. The molecule has 0 spiro atoms. The van der Waals surface area contributed by atoms with Crippen LogP contribution in [0.15, 0.2) is 48.5 Å². The zero-order valence-electron chi connectivity index (χ0n) is 18.9. The van der Waals surface area contributed by atoms with Crippen molar-refractivity contribution in [1.82, 2.24) is 10.6 Å². The highest BCUT2D eigenvalue weighted by atomic mass is 16.2. The van der Waals surface area contributed by atoms with E-state index >= 15 is 0 Å². The van der Waals surface area contributed by atoms with E-state index < -0.39 is 11.9 Å². The van der Waals surface area contributed by atoms with Crippen LogP contribution in [0.4, 0.5) is 5.69 Å². The first-order valence-electron chi connectivity index (χ1n) is 11.4. The summed E-state index contributed by atoms with van der Waals surface area (Å²) < 4.78 is 0. The molecule has 0 unspecified atom stereocenters. The van der Waals surface area contributed by atoms with Gasteiger partial charge >= 0.3 is 0 Å². The van der Waals surface area contributed by atoms with Crippen molar-refractivity contribution >= 4 is 23.4 Å². The number of carbonyl (C=O) groups is 3. The van der Waals surface area contributed by atoms with Gasteiger partial charge in [0, 0.05) is 16.8 Å². The van der Waals surface area contributed by atoms with Crippen LogP contribution in [0.2, 0.25) is 0 Å². The van der Waals surface area contributed by atoms with Crippen molar-refractivity contribution in [2.24, 2.45) is 5.92 Å². The first-order chi connectivity index (χ1) is 16.0. The standard InChI is InChI=1S/C26H30N4O3/c1-18-7-5-10-20(15-18)24(31)29-22-12-6-11-21(17-22)25(32)30-23(26(33)28-14-13-27)16-19-8-3-2-4-9-19/h5-7,10-12,15,17,19,23H,2-4,8-9,14,16H2,1H3,(H,28,33)(H,29,31)(H,30,32)/t23-/m0/s1. The summed E-state index contributed by atoms with van der Waals surface area (Å²) in [5, 5.41) is 17.0. The maximum absolute atomic E-state index is 13.0. The molecule has 0 bridgehead atoms. The van der Waals surface area contributed by atoms with Gasteiger partial charge in [0.2, 0.25) is 5.91 Å². The van der Waals surface area contributed by atoms with E-state index in [0.29, 0.717) is 29.2 Å². The van der Waals surface area contributed by atoms with Gasteiger partial charge in [-0.2, -0.15) is 5.26 Å². The Hall–Kier alpha value is -3.66. The lowest BCUT2D eigenvalue weighted by Crippen LogP contribution is -2.48. The maximum Gasteiger partial charge on any atom is 0.255 e. The Bertz CT molecular complexity index is 1040. The third-order valence-electron chi connectivity index (χ3n) is 5.92. The summed E-state index contributed by atoms with van der Waals surface area (Å²) in [6.45, 7) is 1.81. The minimum absolute atomic E-state index is 0.101. The van der Waals surface area contributed by atoms with Crippen molar-refractivity contribution in [1.29, 1.82) is 5.26 Å². The molecule has 0 radical (unpaired) electrons. The van der Waals surface area contributed by atoms with Crippen molar-refractivity contribution in [3.63, 3.8) is 0 Å². The number of benzene rings is 2. The Labute approximate surface area is 194 Å². The van der Waals surface area contributed by atoms with Gasteiger partial charge in [0.15, 0.2) is 0 Å². The average molecular weight is 447 g/mol. The van der Waals surface area contributed by atoms with Crippen molar-refractivity contribution in [2.45, 2.75) is 51.5 Å². The monoisotopic (exact) mass is 446 g/mol. The Morgan fingerprint density at radius 2 is 1.70 bits per heavy atom. The second kappa shape index (κ2) is 11.8. The van der Waals surface area contributed by atoms with Crippen LogP contribution in [-0.4, -0.2) is 30.3 Å². The first-order valence-corrected chi connectivity index (χ1v) is 11.4. The minimum Gasteiger partial charge on any atom is -0.341 e. The summed E-state index contributed by atoms with van der Waals surface area (Å²) >= 11 is 0. The molecule has 172 valence electrons. The molecule has 3 rings (SSSR count). The van der Waals surface area contributed by atoms with Gasteiger partial charge in [0.1, 0.15) is 12.6 Å². The van der Waals surface area contributed by atoms with Crippen LogP contribution in [0.3, 0.4) is 0 Å². The zero-order valence-corrected chi connectivity index (χ0v) is 18.9. The van der Waals surface area contributed by atoms with Gasteiger partial charge in [-0.25, -0.2) is 0 Å². The Morgan fingerprint density at radius 3 is 2.39 bits per heavy atom. The molecule has 3 amide bonds. The van der Waals surface area contributed by atoms with E-state index in [9.17, 15) is 14.4 Å². The molecule has 1 fully saturated rings. The molecular formula is C26H30N4O3. The van der Waals surface area contributed by atoms with Crippen LogP contribution >= 0.6 is 0 Å². The lowest BCUT2D eigenvalue weighted by atomic mass is 9.84. The molecule has 0 aliphatic heterocycles. The molecule has 1 saturated carbocycles. The van der Waals surface area contributed by atoms with Crippen LogP contribution in [0.5, 0.6) is 0 Å². The molecule has 2 aromatic carbocycles. The molecule has 0 heterocycles. The van der Waals surface area contributed by atoms with Crippen LogP contribution in [0.1, 0.15) is 64.8 Å². The highest BCUT2D eigenvalue weighted by Crippen LogP contribution is 2.27. The third kappa shape index (κ3) is 7.18. The highest BCUT2D eigenvalue weighted by Gasteiger charge is 2.26. The van der Waals surface area contributed by atoms with Gasteiger partial charge in [-0.15, -0.1) is 0 Å². The normalized spacial score (nSPS) is 14.5. The van der Waals surface area contributed by atoms with E-state index in [1.165, 1.54) is 6.42 Å². The fourth-order valence-corrected chi connectivity index (χ4v) is 4.21. The summed E-state index contributed by atoms with van der Waals surface area (Å²) in [6.07, 6.45) is 6.10. The number of nitrogens with one attached hydrogen (secondary N) is 3. The number of nitriles is 1. The predicted molar refractivity (Wildman–Crippen MR) is 127 cm³/mol. The van der Waals surface area contributed by atoms with E-state index in [0.717, 1.165) is 31.2 Å². The number of rotatable bonds is 8. The van der Waals surface area contributed by atoms with E-state index in [2.05, 4.69) is 16.0 Å². The van der Waals surface area contributed by atoms with Crippen LogP contribution in [0, 0.1) is 24.2 Å². The summed E-state index contributed by atoms with van der Waals surface area (Å²) in [6, 6.07) is 15.1. The number of anilines is 1. The Balaban J connectivity index is 1.69. The molecule has 2 aromatic rings. The van der Waals surface area contributed by atoms with E-state index in [4.69, 9.17) is 5.26 Å². The predicted octanol–water partition coefficient (Wildman–Crippen LogP) is 3.96. The lowest BCUT2D eigenvalue weighted by molar-refractivity contribution is -0.123. The fraction of sp³-hybridized carbons (Fsp3) is 0.385. The summed E-state index contributed by atoms with van der Waals surface area (Å²) in [5.41, 5.74) is 2.35. The number of hydrogen-bond acceptors (Lipinski definition) is 4. The van der Waals surface area contributed by atoms with Crippen LogP contribution < -0.4 is 16.0 Å². The second-order valence-corrected chi connectivity index (χ2v) is 8.55. The zero-order chi connectivity index (χ0) is 23.6. The van der Waals surface area contributed by atoms with Gasteiger partial charge in [-0.05, 0) is 49.6 Å². The van der Waals surface area contributed by atoms with Gasteiger partial charge in [0.05, 0.1) is 6.07 Å². The topological polar surface area (TPSA) is 111 Å². The fourth-order valence-electron chi connectivity index (χ4n) is 4.21. The minimum atomic E-state index is -0.709. The molecule has 1 aliphatic rings. The van der Waals surface area contributed by atoms with E-state index in [1.807, 2.05) is 25.1 Å². The van der Waals surface area contributed by atoms with Crippen molar-refractivity contribution < 1.29 is 14.4 Å². The van der Waals surface area contributed by atoms with Gasteiger partial charge in [-0.3, -0.25) is 14.4 Å². The largest absolute Gasteiger partial charge is 0.341 e. The van der Waals surface area contributed by atoms with Gasteiger partial charge < -0.3 is 16.0 Å². The molecule has 33 heavy (non-hydrogen) atoms. The van der Waals surface area contributed by atoms with Crippen LogP contribution in [0.25, 0.3) is 0 Å². The van der Waals surface area contributed by atoms with Crippen molar-refractivity contribution in [2.75, 3.05) is 11.9 Å². The first kappa shape index (κ1) is 24.0. The Morgan fingerprint density at radius 1 is 1.00 bits per heavy atom. The molecule has 7 heteroatoms. The average Bonchev–Trinajstić information content (AvgIpc) is 2.83. The number of amides is 3.